The molecule has 20 heavy (non-hydrogen) atoms. The minimum absolute atomic E-state index is 0.208. The van der Waals surface area contributed by atoms with Crippen LogP contribution in [-0.2, 0) is 19.1 Å². The molecule has 1 aliphatic carbocycles. The molecule has 0 N–H and O–H groups in total. The molecular weight excluding hydrogens is 256 g/mol. The van der Waals surface area contributed by atoms with Crippen LogP contribution in [0.2, 0.25) is 0 Å². The quantitative estimate of drug-likeness (QED) is 0.506. The van der Waals surface area contributed by atoms with Crippen molar-refractivity contribution in [3.8, 4) is 0 Å². The van der Waals surface area contributed by atoms with Gasteiger partial charge in [-0.15, -0.1) is 0 Å². The van der Waals surface area contributed by atoms with E-state index in [0.29, 0.717) is 18.9 Å². The Morgan fingerprint density at radius 1 is 1.20 bits per heavy atom. The Balaban J connectivity index is 2.04. The van der Waals surface area contributed by atoms with Crippen LogP contribution in [0.1, 0.15) is 58.3 Å². The van der Waals surface area contributed by atoms with E-state index in [1.165, 1.54) is 32.1 Å². The molecule has 0 spiro atoms. The van der Waals surface area contributed by atoms with Crippen molar-refractivity contribution in [1.29, 1.82) is 0 Å². The summed E-state index contributed by atoms with van der Waals surface area (Å²) < 4.78 is 10.3. The Labute approximate surface area is 121 Å². The van der Waals surface area contributed by atoms with Crippen LogP contribution in [0.25, 0.3) is 0 Å². The molecule has 0 aromatic heterocycles. The zero-order valence-electron chi connectivity index (χ0n) is 12.4. The summed E-state index contributed by atoms with van der Waals surface area (Å²) in [7, 11) is 0. The summed E-state index contributed by atoms with van der Waals surface area (Å²) in [6.07, 6.45) is 8.42. The number of esters is 2. The standard InChI is InChI=1S/C16H26O4/c1-3-13(2)20-16(18)11-7-10-15(17)19-12-14-8-5-4-6-9-14/h3,13-14H,1,4-12H2,2H3. The van der Waals surface area contributed by atoms with Gasteiger partial charge in [0.25, 0.3) is 0 Å². The van der Waals surface area contributed by atoms with Crippen molar-refractivity contribution < 1.29 is 19.1 Å². The van der Waals surface area contributed by atoms with E-state index in [-0.39, 0.29) is 30.9 Å². The van der Waals surface area contributed by atoms with Crippen LogP contribution in [0.15, 0.2) is 12.7 Å². The predicted molar refractivity (Wildman–Crippen MR) is 77.1 cm³/mol. The SMILES string of the molecule is C=CC(C)OC(=O)CCCC(=O)OCC1CCCCC1. The normalized spacial score (nSPS) is 17.2. The molecule has 1 fully saturated rings. The molecule has 0 aliphatic heterocycles. The summed E-state index contributed by atoms with van der Waals surface area (Å²) in [6, 6.07) is 0. The molecule has 0 bridgehead atoms. The van der Waals surface area contributed by atoms with Crippen molar-refractivity contribution in [3.63, 3.8) is 0 Å². The molecule has 0 saturated heterocycles. The van der Waals surface area contributed by atoms with E-state index >= 15 is 0 Å². The maximum Gasteiger partial charge on any atom is 0.306 e. The average molecular weight is 282 g/mol. The summed E-state index contributed by atoms with van der Waals surface area (Å²) in [5, 5.41) is 0. The Hall–Kier alpha value is -1.32. The fourth-order valence-electron chi connectivity index (χ4n) is 2.33. The molecule has 0 radical (unpaired) electrons. The van der Waals surface area contributed by atoms with E-state index in [1.807, 2.05) is 0 Å². The largest absolute Gasteiger partial charge is 0.465 e. The Morgan fingerprint density at radius 2 is 1.85 bits per heavy atom. The van der Waals surface area contributed by atoms with Crippen LogP contribution in [-0.4, -0.2) is 24.6 Å². The van der Waals surface area contributed by atoms with E-state index in [1.54, 1.807) is 13.0 Å². The van der Waals surface area contributed by atoms with Crippen LogP contribution in [0.4, 0.5) is 0 Å². The van der Waals surface area contributed by atoms with Gasteiger partial charge in [-0.05, 0) is 32.1 Å². The van der Waals surface area contributed by atoms with Gasteiger partial charge in [0.2, 0.25) is 0 Å². The van der Waals surface area contributed by atoms with Gasteiger partial charge in [0.15, 0.2) is 0 Å². The summed E-state index contributed by atoms with van der Waals surface area (Å²) in [4.78, 5) is 22.9. The van der Waals surface area contributed by atoms with Crippen LogP contribution in [0.3, 0.4) is 0 Å². The Kier molecular flexibility index (Phi) is 8.00. The first-order valence-electron chi connectivity index (χ1n) is 7.59. The zero-order chi connectivity index (χ0) is 14.8. The van der Waals surface area contributed by atoms with Crippen molar-refractivity contribution in [2.75, 3.05) is 6.61 Å². The van der Waals surface area contributed by atoms with Crippen LogP contribution < -0.4 is 0 Å². The van der Waals surface area contributed by atoms with Gasteiger partial charge in [-0.2, -0.15) is 0 Å². The highest BCUT2D eigenvalue weighted by molar-refractivity contribution is 5.72. The van der Waals surface area contributed by atoms with Crippen molar-refractivity contribution in [1.82, 2.24) is 0 Å². The van der Waals surface area contributed by atoms with Crippen LogP contribution in [0, 0.1) is 5.92 Å². The smallest absolute Gasteiger partial charge is 0.306 e. The predicted octanol–water partition coefficient (Wildman–Crippen LogP) is 3.40. The summed E-state index contributed by atoms with van der Waals surface area (Å²) in [6.45, 7) is 5.83. The van der Waals surface area contributed by atoms with Gasteiger partial charge in [0.1, 0.15) is 6.10 Å². The molecule has 1 unspecified atom stereocenters. The molecule has 0 aromatic carbocycles. The highest BCUT2D eigenvalue weighted by Gasteiger charge is 2.15. The van der Waals surface area contributed by atoms with Gasteiger partial charge in [0, 0.05) is 12.8 Å². The summed E-state index contributed by atoms with van der Waals surface area (Å²) in [5.41, 5.74) is 0. The highest BCUT2D eigenvalue weighted by Crippen LogP contribution is 2.23. The third-order valence-electron chi connectivity index (χ3n) is 3.62. The van der Waals surface area contributed by atoms with Crippen molar-refractivity contribution in [2.45, 2.75) is 64.4 Å². The van der Waals surface area contributed by atoms with Crippen molar-refractivity contribution in [3.05, 3.63) is 12.7 Å². The molecule has 0 aromatic rings. The van der Waals surface area contributed by atoms with Gasteiger partial charge in [-0.25, -0.2) is 0 Å². The number of hydrogen-bond donors (Lipinski definition) is 0. The number of carbonyl (C=O) groups excluding carboxylic acids is 2. The molecule has 1 saturated carbocycles. The zero-order valence-corrected chi connectivity index (χ0v) is 12.4. The van der Waals surface area contributed by atoms with Crippen molar-refractivity contribution >= 4 is 11.9 Å². The second-order valence-electron chi connectivity index (χ2n) is 5.47. The lowest BCUT2D eigenvalue weighted by atomic mass is 9.90. The lowest BCUT2D eigenvalue weighted by Gasteiger charge is -2.20. The molecule has 1 aliphatic rings. The maximum atomic E-state index is 11.6. The van der Waals surface area contributed by atoms with Gasteiger partial charge >= 0.3 is 11.9 Å². The van der Waals surface area contributed by atoms with E-state index in [0.717, 1.165) is 0 Å². The minimum atomic E-state index is -0.294. The fourth-order valence-corrected chi connectivity index (χ4v) is 2.33. The van der Waals surface area contributed by atoms with Crippen LogP contribution >= 0.6 is 0 Å². The summed E-state index contributed by atoms with van der Waals surface area (Å²) in [5.74, 6) is 0.0312. The highest BCUT2D eigenvalue weighted by atomic mass is 16.5. The van der Waals surface area contributed by atoms with Gasteiger partial charge < -0.3 is 9.47 Å². The first-order chi connectivity index (χ1) is 9.61. The lowest BCUT2D eigenvalue weighted by molar-refractivity contribution is -0.147. The Morgan fingerprint density at radius 3 is 2.50 bits per heavy atom. The number of ether oxygens (including phenoxy) is 2. The number of rotatable bonds is 8. The topological polar surface area (TPSA) is 52.6 Å². The molecule has 0 heterocycles. The van der Waals surface area contributed by atoms with Crippen LogP contribution in [0.5, 0.6) is 0 Å². The van der Waals surface area contributed by atoms with E-state index in [2.05, 4.69) is 6.58 Å². The molecule has 0 amide bonds. The van der Waals surface area contributed by atoms with Gasteiger partial charge in [-0.3, -0.25) is 9.59 Å². The van der Waals surface area contributed by atoms with Gasteiger partial charge in [-0.1, -0.05) is 31.9 Å². The molecule has 4 nitrogen and oxygen atoms in total. The Bertz CT molecular complexity index is 318. The second kappa shape index (κ2) is 9.56. The third kappa shape index (κ3) is 7.31. The monoisotopic (exact) mass is 282 g/mol. The minimum Gasteiger partial charge on any atom is -0.465 e. The molecule has 1 atom stereocenters. The van der Waals surface area contributed by atoms with Gasteiger partial charge in [0.05, 0.1) is 6.61 Å². The first-order valence-corrected chi connectivity index (χ1v) is 7.59. The average Bonchev–Trinajstić information content (AvgIpc) is 2.46. The number of hydrogen-bond acceptors (Lipinski definition) is 4. The third-order valence-corrected chi connectivity index (χ3v) is 3.62. The summed E-state index contributed by atoms with van der Waals surface area (Å²) >= 11 is 0. The molecule has 114 valence electrons. The van der Waals surface area contributed by atoms with E-state index in [9.17, 15) is 9.59 Å². The molecular formula is C16H26O4. The first kappa shape index (κ1) is 16.7. The van der Waals surface area contributed by atoms with Crippen molar-refractivity contribution in [2.24, 2.45) is 5.92 Å². The lowest BCUT2D eigenvalue weighted by Crippen LogP contribution is -2.17. The second-order valence-corrected chi connectivity index (χ2v) is 5.47. The van der Waals surface area contributed by atoms with E-state index < -0.39 is 0 Å². The number of carbonyl (C=O) groups is 2. The maximum absolute atomic E-state index is 11.6. The molecule has 1 rings (SSSR count). The fraction of sp³-hybridized carbons (Fsp3) is 0.750. The molecule has 4 heteroatoms. The van der Waals surface area contributed by atoms with E-state index in [4.69, 9.17) is 9.47 Å².